The molecular formula is C17H16BrN3O3. The molecular weight excluding hydrogens is 374 g/mol. The Morgan fingerprint density at radius 2 is 1.92 bits per heavy atom. The molecule has 24 heavy (non-hydrogen) atoms. The Kier molecular flexibility index (Phi) is 5.00. The van der Waals surface area contributed by atoms with Crippen molar-refractivity contribution in [2.45, 2.75) is 6.92 Å². The number of nitrogens with zero attached hydrogens (tertiary/aromatic N) is 1. The zero-order chi connectivity index (χ0) is 16.9. The van der Waals surface area contributed by atoms with E-state index < -0.39 is 0 Å². The van der Waals surface area contributed by atoms with E-state index in [1.165, 1.54) is 0 Å². The Morgan fingerprint density at radius 3 is 2.71 bits per heavy atom. The van der Waals surface area contributed by atoms with E-state index in [4.69, 9.17) is 9.47 Å². The van der Waals surface area contributed by atoms with Crippen LogP contribution in [0.1, 0.15) is 12.5 Å². The summed E-state index contributed by atoms with van der Waals surface area (Å²) >= 11 is 3.38. The van der Waals surface area contributed by atoms with Gasteiger partial charge in [0.2, 0.25) is 6.79 Å². The summed E-state index contributed by atoms with van der Waals surface area (Å²) in [6.07, 6.45) is 0. The number of carbonyl (C=O) groups is 1. The zero-order valence-electron chi connectivity index (χ0n) is 13.0. The number of ether oxygens (including phenoxy) is 2. The van der Waals surface area contributed by atoms with Crippen LogP contribution in [0.15, 0.2) is 52.0 Å². The van der Waals surface area contributed by atoms with Crippen LogP contribution in [-0.4, -0.2) is 25.0 Å². The Morgan fingerprint density at radius 1 is 1.17 bits per heavy atom. The molecule has 1 heterocycles. The second kappa shape index (κ2) is 7.35. The number of hydrogen-bond donors (Lipinski definition) is 2. The van der Waals surface area contributed by atoms with Gasteiger partial charge >= 0.3 is 0 Å². The SMILES string of the molecule is C/C(=N/NC(=O)CNc1ccc2c(c1)OCO2)c1ccc(Br)cc1. The molecule has 0 unspecified atom stereocenters. The van der Waals surface area contributed by atoms with Crippen LogP contribution in [0.5, 0.6) is 11.5 Å². The third kappa shape index (κ3) is 4.05. The molecule has 0 aliphatic carbocycles. The summed E-state index contributed by atoms with van der Waals surface area (Å²) in [5, 5.41) is 7.13. The molecule has 1 aliphatic rings. The van der Waals surface area contributed by atoms with Crippen LogP contribution in [0.4, 0.5) is 5.69 Å². The van der Waals surface area contributed by atoms with Gasteiger partial charge in [0.05, 0.1) is 12.3 Å². The van der Waals surface area contributed by atoms with E-state index in [2.05, 4.69) is 31.8 Å². The Balaban J connectivity index is 1.52. The number of fused-ring (bicyclic) bond motifs is 1. The van der Waals surface area contributed by atoms with E-state index in [1.807, 2.05) is 37.3 Å². The first-order chi connectivity index (χ1) is 11.6. The van der Waals surface area contributed by atoms with Crippen molar-refractivity contribution in [3.63, 3.8) is 0 Å². The van der Waals surface area contributed by atoms with Crippen LogP contribution in [0.2, 0.25) is 0 Å². The number of carbonyl (C=O) groups excluding carboxylic acids is 1. The summed E-state index contributed by atoms with van der Waals surface area (Å²) in [7, 11) is 0. The molecule has 0 fully saturated rings. The van der Waals surface area contributed by atoms with Crippen molar-refractivity contribution in [1.82, 2.24) is 5.43 Å². The molecule has 0 spiro atoms. The van der Waals surface area contributed by atoms with Gasteiger partial charge in [-0.25, -0.2) is 5.43 Å². The highest BCUT2D eigenvalue weighted by atomic mass is 79.9. The molecule has 1 amide bonds. The van der Waals surface area contributed by atoms with Crippen molar-refractivity contribution < 1.29 is 14.3 Å². The number of benzene rings is 2. The van der Waals surface area contributed by atoms with Gasteiger partial charge in [-0.3, -0.25) is 4.79 Å². The van der Waals surface area contributed by atoms with Crippen molar-refractivity contribution in [2.75, 3.05) is 18.7 Å². The molecule has 2 aromatic rings. The number of hydrogen-bond acceptors (Lipinski definition) is 5. The summed E-state index contributed by atoms with van der Waals surface area (Å²) < 4.78 is 11.5. The lowest BCUT2D eigenvalue weighted by molar-refractivity contribution is -0.119. The first kappa shape index (κ1) is 16.3. The van der Waals surface area contributed by atoms with Gasteiger partial charge in [-0.15, -0.1) is 0 Å². The average molecular weight is 390 g/mol. The topological polar surface area (TPSA) is 72.0 Å². The molecule has 0 radical (unpaired) electrons. The molecule has 2 N–H and O–H groups in total. The third-order valence-corrected chi connectivity index (χ3v) is 3.96. The summed E-state index contributed by atoms with van der Waals surface area (Å²) in [5.41, 5.74) is 5.00. The van der Waals surface area contributed by atoms with Crippen molar-refractivity contribution in [3.8, 4) is 11.5 Å². The predicted molar refractivity (Wildman–Crippen MR) is 95.6 cm³/mol. The average Bonchev–Trinajstić information content (AvgIpc) is 3.06. The highest BCUT2D eigenvalue weighted by Crippen LogP contribution is 2.34. The number of halogens is 1. The summed E-state index contributed by atoms with van der Waals surface area (Å²) in [6, 6.07) is 13.1. The minimum absolute atomic E-state index is 0.108. The monoisotopic (exact) mass is 389 g/mol. The molecule has 0 atom stereocenters. The zero-order valence-corrected chi connectivity index (χ0v) is 14.6. The van der Waals surface area contributed by atoms with Gasteiger partial charge in [0.25, 0.3) is 5.91 Å². The lowest BCUT2D eigenvalue weighted by Gasteiger charge is -2.07. The van der Waals surface area contributed by atoms with Gasteiger partial charge < -0.3 is 14.8 Å². The van der Waals surface area contributed by atoms with Crippen LogP contribution >= 0.6 is 15.9 Å². The Labute approximate surface area is 148 Å². The van der Waals surface area contributed by atoms with E-state index in [9.17, 15) is 4.79 Å². The largest absolute Gasteiger partial charge is 0.454 e. The van der Waals surface area contributed by atoms with Crippen LogP contribution in [0, 0.1) is 0 Å². The number of hydrazone groups is 1. The minimum atomic E-state index is -0.232. The number of nitrogens with one attached hydrogen (secondary N) is 2. The molecule has 0 saturated heterocycles. The molecule has 0 bridgehead atoms. The van der Waals surface area contributed by atoms with Crippen molar-refractivity contribution >= 4 is 33.2 Å². The molecule has 3 rings (SSSR count). The lowest BCUT2D eigenvalue weighted by atomic mass is 10.1. The van der Waals surface area contributed by atoms with Crippen LogP contribution in [-0.2, 0) is 4.79 Å². The highest BCUT2D eigenvalue weighted by Gasteiger charge is 2.13. The smallest absolute Gasteiger partial charge is 0.259 e. The normalized spacial score (nSPS) is 12.8. The molecule has 2 aromatic carbocycles. The maximum atomic E-state index is 11.9. The number of amides is 1. The van der Waals surface area contributed by atoms with Gasteiger partial charge in [-0.1, -0.05) is 28.1 Å². The molecule has 0 aromatic heterocycles. The Bertz CT molecular complexity index is 775. The quantitative estimate of drug-likeness (QED) is 0.608. The van der Waals surface area contributed by atoms with Gasteiger partial charge in [0, 0.05) is 16.2 Å². The highest BCUT2D eigenvalue weighted by molar-refractivity contribution is 9.10. The predicted octanol–water partition coefficient (Wildman–Crippen LogP) is 3.13. The van der Waals surface area contributed by atoms with Crippen LogP contribution in [0.3, 0.4) is 0 Å². The van der Waals surface area contributed by atoms with E-state index >= 15 is 0 Å². The number of anilines is 1. The van der Waals surface area contributed by atoms with Crippen molar-refractivity contribution in [2.24, 2.45) is 5.10 Å². The van der Waals surface area contributed by atoms with Crippen molar-refractivity contribution in [1.29, 1.82) is 0 Å². The standard InChI is InChI=1S/C17H16BrN3O3/c1-11(12-2-4-13(18)5-3-12)20-21-17(22)9-19-14-6-7-15-16(8-14)24-10-23-15/h2-8,19H,9-10H2,1H3,(H,21,22)/b20-11-. The van der Waals surface area contributed by atoms with Gasteiger partial charge in [-0.2, -0.15) is 5.10 Å². The molecule has 7 heteroatoms. The van der Waals surface area contributed by atoms with Crippen LogP contribution in [0.25, 0.3) is 0 Å². The van der Waals surface area contributed by atoms with Crippen molar-refractivity contribution in [3.05, 3.63) is 52.5 Å². The van der Waals surface area contributed by atoms with E-state index in [0.29, 0.717) is 11.5 Å². The molecule has 6 nitrogen and oxygen atoms in total. The summed E-state index contributed by atoms with van der Waals surface area (Å²) in [5.74, 6) is 1.15. The first-order valence-electron chi connectivity index (χ1n) is 7.34. The minimum Gasteiger partial charge on any atom is -0.454 e. The second-order valence-corrected chi connectivity index (χ2v) is 6.08. The molecule has 1 aliphatic heterocycles. The Hall–Kier alpha value is -2.54. The molecule has 124 valence electrons. The maximum Gasteiger partial charge on any atom is 0.259 e. The van der Waals surface area contributed by atoms with Crippen LogP contribution < -0.4 is 20.2 Å². The van der Waals surface area contributed by atoms with E-state index in [1.54, 1.807) is 12.1 Å². The maximum absolute atomic E-state index is 11.9. The lowest BCUT2D eigenvalue weighted by Crippen LogP contribution is -2.26. The van der Waals surface area contributed by atoms with E-state index in [0.717, 1.165) is 21.4 Å². The summed E-state index contributed by atoms with van der Waals surface area (Å²) in [4.78, 5) is 11.9. The fourth-order valence-electron chi connectivity index (χ4n) is 2.13. The first-order valence-corrected chi connectivity index (χ1v) is 8.14. The third-order valence-electron chi connectivity index (χ3n) is 3.44. The van der Waals surface area contributed by atoms with Gasteiger partial charge in [-0.05, 0) is 36.8 Å². The molecule has 0 saturated carbocycles. The fourth-order valence-corrected chi connectivity index (χ4v) is 2.39. The number of rotatable bonds is 5. The summed E-state index contributed by atoms with van der Waals surface area (Å²) in [6.45, 7) is 2.18. The fraction of sp³-hybridized carbons (Fsp3) is 0.176. The van der Waals surface area contributed by atoms with E-state index in [-0.39, 0.29) is 19.2 Å². The second-order valence-electron chi connectivity index (χ2n) is 5.16. The van der Waals surface area contributed by atoms with Gasteiger partial charge in [0.1, 0.15) is 0 Å². The van der Waals surface area contributed by atoms with Gasteiger partial charge in [0.15, 0.2) is 11.5 Å².